The first kappa shape index (κ1) is 83.2. The summed E-state index contributed by atoms with van der Waals surface area (Å²) in [7, 11) is 2.74. The molecule has 32 nitrogen and oxygen atoms in total. The van der Waals surface area contributed by atoms with Crippen molar-refractivity contribution >= 4 is 119 Å². The Morgan fingerprint density at radius 1 is 0.663 bits per heavy atom. The van der Waals surface area contributed by atoms with Crippen LogP contribution < -0.4 is 37.5 Å². The summed E-state index contributed by atoms with van der Waals surface area (Å²) < 4.78 is 37.5. The number of carbonyl (C=O) groups excluding carboxylic acids is 12. The number of cyclic esters (lactones) is 2. The SMILES string of the molecule is Cc1c2oc3c(C)ccc(C(=O)N[C@@H]4C(=O)N[C@H](C(C)C)C(=O)N5CCC[C@H]5C(=O)N(C)CC(=O)N(C)[C@@H](C(C)C)C(=O)O[C@@H]4C)c3nc-2c(C(=O)N[C@@H]2C(=O)N[C@H](C(C)C)C(=O)N3CCC[C@H]3C(=O)N(C)CC(=O)N(C)[C@@H](C(C)C)C(=O)O[C@@H]2C)c(N)c1=O.O=P1(N(CCCl)CCCl)NCCCO1. The van der Waals surface area contributed by atoms with Crippen LogP contribution in [-0.4, -0.2) is 263 Å². The van der Waals surface area contributed by atoms with Crippen molar-refractivity contribution in [2.75, 3.05) is 98.1 Å². The number of hydrogen-bond acceptors (Lipinski definition) is 20. The van der Waals surface area contributed by atoms with Gasteiger partial charge in [0.1, 0.15) is 71.8 Å². The average Bonchev–Trinajstić information content (AvgIpc) is 0.912. The number of hydrogen-bond donors (Lipinski definition) is 6. The number of rotatable bonds is 13. The van der Waals surface area contributed by atoms with Crippen molar-refractivity contribution in [1.82, 2.24) is 65.4 Å². The predicted octanol–water partition coefficient (Wildman–Crippen LogP) is 2.61. The number of aryl methyl sites for hydroxylation is 1. The highest BCUT2D eigenvalue weighted by atomic mass is 35.5. The Morgan fingerprint density at radius 3 is 1.53 bits per heavy atom. The lowest BCUT2D eigenvalue weighted by Crippen LogP contribution is -2.61. The molecule has 574 valence electrons. The van der Waals surface area contributed by atoms with Crippen LogP contribution in [0.3, 0.4) is 0 Å². The summed E-state index contributed by atoms with van der Waals surface area (Å²) in [6.45, 7) is 20.7. The Balaban J connectivity index is 0.000000964. The second-order valence-corrected chi connectivity index (χ2v) is 31.4. The maximum atomic E-state index is 15.2. The molecule has 0 bridgehead atoms. The highest BCUT2D eigenvalue weighted by molar-refractivity contribution is 7.54. The van der Waals surface area contributed by atoms with Crippen LogP contribution in [0.25, 0.3) is 22.6 Å². The smallest absolute Gasteiger partial charge is 0.343 e. The number of ether oxygens (including phenoxy) is 2. The molecule has 0 saturated carbocycles. The van der Waals surface area contributed by atoms with E-state index in [0.717, 1.165) is 22.8 Å². The number of aromatic nitrogens is 1. The number of likely N-dealkylation sites (N-methyl/N-ethyl adjacent to an activating group) is 4. The maximum absolute atomic E-state index is 15.2. The van der Waals surface area contributed by atoms with Crippen LogP contribution in [0.4, 0.5) is 5.69 Å². The van der Waals surface area contributed by atoms with E-state index in [9.17, 15) is 57.3 Å². The number of nitrogens with one attached hydrogen (secondary N) is 5. The molecule has 35 heteroatoms. The number of alkyl halides is 2. The minimum atomic E-state index is -2.84. The van der Waals surface area contributed by atoms with E-state index in [1.54, 1.807) is 67.0 Å². The third-order valence-corrected chi connectivity index (χ3v) is 22.1. The highest BCUT2D eigenvalue weighted by Crippen LogP contribution is 2.48. The van der Waals surface area contributed by atoms with Gasteiger partial charge in [-0.05, 0) is 95.1 Å². The van der Waals surface area contributed by atoms with Gasteiger partial charge < -0.3 is 74.8 Å². The van der Waals surface area contributed by atoms with Gasteiger partial charge in [-0.1, -0.05) is 61.5 Å². The number of fused-ring (bicyclic) bond motifs is 4. The van der Waals surface area contributed by atoms with Gasteiger partial charge in [-0.3, -0.25) is 57.3 Å². The summed E-state index contributed by atoms with van der Waals surface area (Å²) in [6.07, 6.45) is -0.762. The predicted molar refractivity (Wildman–Crippen MR) is 385 cm³/mol. The monoisotopic (exact) mass is 1510 g/mol. The molecule has 10 amide bonds. The lowest BCUT2D eigenvalue weighted by atomic mass is 9.98. The minimum Gasteiger partial charge on any atom is -0.458 e. The number of nitrogens with zero attached hydrogens (tertiary/aromatic N) is 8. The number of nitrogens with two attached hydrogens (primary N) is 1. The molecule has 104 heavy (non-hydrogen) atoms. The molecule has 7 aliphatic rings. The Hall–Kier alpha value is -8.03. The highest BCUT2D eigenvalue weighted by Gasteiger charge is 2.47. The van der Waals surface area contributed by atoms with Gasteiger partial charge in [-0.2, -0.15) is 0 Å². The molecule has 1 unspecified atom stereocenters. The Kier molecular flexibility index (Phi) is 28.3. The number of esters is 2. The molecule has 5 fully saturated rings. The molecule has 6 aliphatic heterocycles. The van der Waals surface area contributed by atoms with Crippen molar-refractivity contribution in [3.8, 4) is 11.5 Å². The molecule has 6 heterocycles. The zero-order valence-electron chi connectivity index (χ0n) is 62.1. The second kappa shape index (κ2) is 35.4. The number of halogens is 2. The van der Waals surface area contributed by atoms with Crippen molar-refractivity contribution in [2.24, 2.45) is 23.7 Å². The van der Waals surface area contributed by atoms with Crippen LogP contribution in [-0.2, 0) is 66.5 Å². The van der Waals surface area contributed by atoms with Gasteiger partial charge in [-0.15, -0.1) is 23.2 Å². The summed E-state index contributed by atoms with van der Waals surface area (Å²) >= 11 is 11.2. The Morgan fingerprint density at radius 2 is 1.12 bits per heavy atom. The number of nitrogen functional groups attached to an aromatic ring is 1. The van der Waals surface area contributed by atoms with Crippen LogP contribution in [0.1, 0.15) is 133 Å². The zero-order valence-corrected chi connectivity index (χ0v) is 64.5. The molecule has 0 radical (unpaired) electrons. The third-order valence-electron chi connectivity index (χ3n) is 19.5. The van der Waals surface area contributed by atoms with Gasteiger partial charge in [0, 0.05) is 78.2 Å². The normalized spacial score (nSPS) is 26.5. The van der Waals surface area contributed by atoms with E-state index in [1.165, 1.54) is 80.7 Å². The zero-order chi connectivity index (χ0) is 77.4. The van der Waals surface area contributed by atoms with E-state index >= 15 is 9.59 Å². The quantitative estimate of drug-likeness (QED) is 0.0471. The number of carbonyl (C=O) groups is 12. The van der Waals surface area contributed by atoms with Gasteiger partial charge in [0.15, 0.2) is 11.3 Å². The summed E-state index contributed by atoms with van der Waals surface area (Å²) in [5.41, 5.74) is 3.57. The van der Waals surface area contributed by atoms with Crippen LogP contribution in [0.5, 0.6) is 0 Å². The topological polar surface area (TPSA) is 402 Å². The molecular weight excluding hydrogens is 1410 g/mol. The van der Waals surface area contributed by atoms with Crippen LogP contribution >= 0.6 is 30.9 Å². The van der Waals surface area contributed by atoms with Crippen LogP contribution in [0, 0.1) is 37.5 Å². The molecule has 8 rings (SSSR count). The lowest BCUT2D eigenvalue weighted by Gasteiger charge is -2.36. The minimum absolute atomic E-state index is 0.0763. The van der Waals surface area contributed by atoms with Crippen molar-refractivity contribution in [3.63, 3.8) is 0 Å². The third kappa shape index (κ3) is 18.2. The standard InChI is InChI=1S/C62H86N12O16.C7H15Cl2N2O2P/c1-27(2)42-59(84)73-23-17-19-36(73)57(82)69(13)25-38(75)71(15)48(29(5)6)61(86)88-33(11)44(55(80)65-42)67-53(78)35-22-21-31(9)51-46(35)64-47-40(41(63)50(77)32(10)52(47)90-51)54(79)68-45-34(12)89-62(87)49(30(7)8)72(16)39(76)26-70(14)58(83)37-20-18-24-74(37)60(85)43(28(3)4)66-56(45)81;8-2-5-11(6-3-9)14(12)10-4-1-7-13-14/h21-22,27-30,33-34,36-37,42-45,48-49H,17-20,23-26,63H2,1-16H3,(H,65,80)(H,66,81)(H,67,78)(H,68,79);1-7H2,(H,10,12)/t33-,34-,36+,37+,42-,43-,44+,45+,48+,49+;/m1./s1. The van der Waals surface area contributed by atoms with Crippen molar-refractivity contribution in [1.29, 1.82) is 0 Å². The second-order valence-electron chi connectivity index (χ2n) is 28.5. The Bertz CT molecular complexity index is 3840. The van der Waals surface area contributed by atoms with Gasteiger partial charge >= 0.3 is 19.6 Å². The van der Waals surface area contributed by atoms with E-state index in [-0.39, 0.29) is 53.9 Å². The number of anilines is 1. The summed E-state index contributed by atoms with van der Waals surface area (Å²) in [5.74, 6) is -11.5. The van der Waals surface area contributed by atoms with Crippen LogP contribution in [0.15, 0.2) is 21.3 Å². The van der Waals surface area contributed by atoms with Crippen molar-refractivity contribution in [2.45, 2.75) is 176 Å². The fourth-order valence-corrected chi connectivity index (χ4v) is 16.2. The fraction of sp³-hybridized carbons (Fsp3) is 0.652. The molecule has 5 saturated heterocycles. The first-order valence-electron chi connectivity index (χ1n) is 35.1. The molecule has 11 atom stereocenters. The summed E-state index contributed by atoms with van der Waals surface area (Å²) in [5, 5.41) is 13.6. The molecular formula is C69H101Cl2N14O18P. The first-order valence-corrected chi connectivity index (χ1v) is 37.8. The van der Waals surface area contributed by atoms with Gasteiger partial charge in [0.25, 0.3) is 11.8 Å². The molecule has 0 spiro atoms. The molecule has 7 N–H and O–H groups in total. The van der Waals surface area contributed by atoms with E-state index in [2.05, 4.69) is 26.4 Å². The van der Waals surface area contributed by atoms with E-state index in [0.29, 0.717) is 49.9 Å². The van der Waals surface area contributed by atoms with Crippen molar-refractivity contribution in [3.05, 3.63) is 44.6 Å². The number of amides is 10. The summed E-state index contributed by atoms with van der Waals surface area (Å²) in [4.78, 5) is 199. The lowest BCUT2D eigenvalue weighted by molar-refractivity contribution is -0.163. The summed E-state index contributed by atoms with van der Waals surface area (Å²) in [6, 6.07) is -7.90. The van der Waals surface area contributed by atoms with Gasteiger partial charge in [-0.25, -0.2) is 24.3 Å². The largest absolute Gasteiger partial charge is 0.458 e. The van der Waals surface area contributed by atoms with Gasteiger partial charge in [0.05, 0.1) is 36.5 Å². The van der Waals surface area contributed by atoms with E-state index in [1.807, 2.05) is 0 Å². The maximum Gasteiger partial charge on any atom is 0.343 e. The van der Waals surface area contributed by atoms with E-state index in [4.69, 9.17) is 52.3 Å². The fourth-order valence-electron chi connectivity index (χ4n) is 13.6. The molecule has 0 aromatic heterocycles. The Labute approximate surface area is 615 Å². The first-order chi connectivity index (χ1) is 48.8. The molecule has 1 aromatic rings. The van der Waals surface area contributed by atoms with Crippen LogP contribution in [0.2, 0.25) is 0 Å². The average molecular weight is 1520 g/mol. The van der Waals surface area contributed by atoms with E-state index < -0.39 is 198 Å². The number of benzene rings is 2. The van der Waals surface area contributed by atoms with Gasteiger partial charge in [0.2, 0.25) is 52.7 Å². The molecule has 1 aliphatic carbocycles. The molecule has 1 aromatic carbocycles. The van der Waals surface area contributed by atoms with Crippen molar-refractivity contribution < 1.29 is 80.5 Å².